The Labute approximate surface area is 91.6 Å². The highest BCUT2D eigenvalue weighted by Gasteiger charge is 2.12. The number of carbonyl (C=O) groups is 1. The molecule has 1 atom stereocenters. The molecule has 1 aromatic carbocycles. The molecule has 76 valence electrons. The van der Waals surface area contributed by atoms with Crippen LogP contribution in [0.2, 0.25) is 0 Å². The lowest BCUT2D eigenvalue weighted by Gasteiger charge is -2.11. The van der Waals surface area contributed by atoms with E-state index >= 15 is 0 Å². The van der Waals surface area contributed by atoms with Gasteiger partial charge < -0.3 is 10.1 Å². The monoisotopic (exact) mass is 257 g/mol. The quantitative estimate of drug-likeness (QED) is 0.904. The molecule has 3 nitrogen and oxygen atoms in total. The largest absolute Gasteiger partial charge is 0.372 e. The van der Waals surface area contributed by atoms with Crippen LogP contribution in [0.3, 0.4) is 0 Å². The molecule has 0 aliphatic carbocycles. The van der Waals surface area contributed by atoms with E-state index in [-0.39, 0.29) is 5.91 Å². The summed E-state index contributed by atoms with van der Waals surface area (Å²) in [6.45, 7) is 1.70. The molecule has 0 aliphatic rings. The Morgan fingerprint density at radius 3 is 2.71 bits per heavy atom. The molecule has 0 saturated heterocycles. The predicted octanol–water partition coefficient (Wildman–Crippen LogP) is 2.42. The van der Waals surface area contributed by atoms with Gasteiger partial charge in [-0.05, 0) is 35.0 Å². The maximum absolute atomic E-state index is 11.4. The highest BCUT2D eigenvalue weighted by atomic mass is 79.9. The predicted molar refractivity (Wildman–Crippen MR) is 59.2 cm³/mol. The molecule has 0 radical (unpaired) electrons. The summed E-state index contributed by atoms with van der Waals surface area (Å²) in [5.74, 6) is -0.153. The number of hydrogen-bond acceptors (Lipinski definition) is 2. The zero-order valence-corrected chi connectivity index (χ0v) is 9.67. The maximum atomic E-state index is 11.4. The number of hydrogen-bond donors (Lipinski definition) is 1. The molecule has 14 heavy (non-hydrogen) atoms. The lowest BCUT2D eigenvalue weighted by molar-refractivity contribution is -0.124. The number of para-hydroxylation sites is 1. The summed E-state index contributed by atoms with van der Waals surface area (Å²) >= 11 is 3.34. The van der Waals surface area contributed by atoms with Crippen molar-refractivity contribution in [3.63, 3.8) is 0 Å². The molecule has 0 saturated carbocycles. The SMILES string of the molecule is COC(C)C(=O)Nc1ccccc1Br. The van der Waals surface area contributed by atoms with Crippen molar-refractivity contribution in [1.82, 2.24) is 0 Å². The molecule has 0 fully saturated rings. The van der Waals surface area contributed by atoms with E-state index in [0.29, 0.717) is 0 Å². The van der Waals surface area contributed by atoms with Crippen molar-refractivity contribution in [2.45, 2.75) is 13.0 Å². The summed E-state index contributed by atoms with van der Waals surface area (Å²) < 4.78 is 5.75. The van der Waals surface area contributed by atoms with Crippen molar-refractivity contribution in [3.8, 4) is 0 Å². The lowest BCUT2D eigenvalue weighted by atomic mass is 10.3. The standard InChI is InChI=1S/C10H12BrNO2/c1-7(14-2)10(13)12-9-6-4-3-5-8(9)11/h3-7H,1-2H3,(H,12,13). The fraction of sp³-hybridized carbons (Fsp3) is 0.300. The van der Waals surface area contributed by atoms with Crippen LogP contribution in [0.5, 0.6) is 0 Å². The zero-order chi connectivity index (χ0) is 10.6. The molecule has 1 N–H and O–H groups in total. The van der Waals surface area contributed by atoms with Crippen LogP contribution in [0.4, 0.5) is 5.69 Å². The minimum Gasteiger partial charge on any atom is -0.372 e. The fourth-order valence-electron chi connectivity index (χ4n) is 0.904. The van der Waals surface area contributed by atoms with Crippen molar-refractivity contribution >= 4 is 27.5 Å². The average Bonchev–Trinajstić information content (AvgIpc) is 2.20. The van der Waals surface area contributed by atoms with E-state index in [1.165, 1.54) is 7.11 Å². The molecule has 0 spiro atoms. The van der Waals surface area contributed by atoms with E-state index in [4.69, 9.17) is 4.74 Å². The number of nitrogens with one attached hydrogen (secondary N) is 1. The second-order valence-electron chi connectivity index (χ2n) is 2.85. The summed E-state index contributed by atoms with van der Waals surface area (Å²) in [5.41, 5.74) is 0.751. The summed E-state index contributed by atoms with van der Waals surface area (Å²) in [6, 6.07) is 7.44. The Balaban J connectivity index is 2.70. The summed E-state index contributed by atoms with van der Waals surface area (Å²) in [4.78, 5) is 11.4. The maximum Gasteiger partial charge on any atom is 0.253 e. The molecule has 0 bridgehead atoms. The highest BCUT2D eigenvalue weighted by molar-refractivity contribution is 9.10. The minimum atomic E-state index is -0.442. The van der Waals surface area contributed by atoms with Crippen molar-refractivity contribution in [3.05, 3.63) is 28.7 Å². The number of rotatable bonds is 3. The average molecular weight is 258 g/mol. The zero-order valence-electron chi connectivity index (χ0n) is 8.08. The molecule has 0 heterocycles. The number of ether oxygens (including phenoxy) is 1. The highest BCUT2D eigenvalue weighted by Crippen LogP contribution is 2.21. The van der Waals surface area contributed by atoms with Gasteiger partial charge in [-0.3, -0.25) is 4.79 Å². The van der Waals surface area contributed by atoms with Crippen molar-refractivity contribution in [2.24, 2.45) is 0 Å². The Bertz CT molecular complexity index is 328. The van der Waals surface area contributed by atoms with E-state index in [1.807, 2.05) is 24.3 Å². The number of halogens is 1. The second kappa shape index (κ2) is 5.12. The lowest BCUT2D eigenvalue weighted by Crippen LogP contribution is -2.26. The molecule has 1 rings (SSSR count). The van der Waals surface area contributed by atoms with Crippen LogP contribution in [0.25, 0.3) is 0 Å². The Morgan fingerprint density at radius 1 is 1.50 bits per heavy atom. The van der Waals surface area contributed by atoms with Gasteiger partial charge in [0.15, 0.2) is 0 Å². The molecule has 4 heteroatoms. The van der Waals surface area contributed by atoms with Gasteiger partial charge in [0.1, 0.15) is 6.10 Å². The van der Waals surface area contributed by atoms with Crippen LogP contribution in [0.1, 0.15) is 6.92 Å². The van der Waals surface area contributed by atoms with Crippen molar-refractivity contribution in [1.29, 1.82) is 0 Å². The van der Waals surface area contributed by atoms with Crippen LogP contribution < -0.4 is 5.32 Å². The first-order valence-electron chi connectivity index (χ1n) is 4.23. The number of anilines is 1. The van der Waals surface area contributed by atoms with E-state index in [2.05, 4.69) is 21.2 Å². The number of carbonyl (C=O) groups excluding carboxylic acids is 1. The molecule has 0 aliphatic heterocycles. The summed E-state index contributed by atoms with van der Waals surface area (Å²) in [6.07, 6.45) is -0.442. The molecule has 1 unspecified atom stereocenters. The van der Waals surface area contributed by atoms with Gasteiger partial charge in [0.25, 0.3) is 5.91 Å². The first-order chi connectivity index (χ1) is 6.65. The van der Waals surface area contributed by atoms with Gasteiger partial charge >= 0.3 is 0 Å². The normalized spacial score (nSPS) is 12.2. The van der Waals surface area contributed by atoms with Crippen LogP contribution in [-0.4, -0.2) is 19.1 Å². The van der Waals surface area contributed by atoms with Gasteiger partial charge in [-0.25, -0.2) is 0 Å². The Hall–Kier alpha value is -0.870. The van der Waals surface area contributed by atoms with E-state index in [1.54, 1.807) is 6.92 Å². The Kier molecular flexibility index (Phi) is 4.10. The molecular formula is C10H12BrNO2. The van der Waals surface area contributed by atoms with Gasteiger partial charge in [0, 0.05) is 11.6 Å². The third-order valence-corrected chi connectivity index (χ3v) is 2.55. The van der Waals surface area contributed by atoms with E-state index in [0.717, 1.165) is 10.2 Å². The second-order valence-corrected chi connectivity index (χ2v) is 3.70. The molecular weight excluding hydrogens is 246 g/mol. The number of amides is 1. The van der Waals surface area contributed by atoms with Crippen LogP contribution in [-0.2, 0) is 9.53 Å². The summed E-state index contributed by atoms with van der Waals surface area (Å²) in [7, 11) is 1.50. The van der Waals surface area contributed by atoms with Gasteiger partial charge in [-0.1, -0.05) is 12.1 Å². The fourth-order valence-corrected chi connectivity index (χ4v) is 1.29. The summed E-state index contributed by atoms with van der Waals surface area (Å²) in [5, 5.41) is 2.75. The van der Waals surface area contributed by atoms with Gasteiger partial charge in [-0.2, -0.15) is 0 Å². The van der Waals surface area contributed by atoms with E-state index in [9.17, 15) is 4.79 Å². The van der Waals surface area contributed by atoms with E-state index < -0.39 is 6.10 Å². The third-order valence-electron chi connectivity index (χ3n) is 1.85. The molecule has 1 aromatic rings. The number of benzene rings is 1. The van der Waals surface area contributed by atoms with Crippen molar-refractivity contribution < 1.29 is 9.53 Å². The molecule has 1 amide bonds. The van der Waals surface area contributed by atoms with Crippen LogP contribution >= 0.6 is 15.9 Å². The first kappa shape index (κ1) is 11.2. The van der Waals surface area contributed by atoms with Gasteiger partial charge in [0.05, 0.1) is 5.69 Å². The first-order valence-corrected chi connectivity index (χ1v) is 5.02. The van der Waals surface area contributed by atoms with Crippen LogP contribution in [0, 0.1) is 0 Å². The third kappa shape index (κ3) is 2.82. The Morgan fingerprint density at radius 2 is 2.14 bits per heavy atom. The smallest absolute Gasteiger partial charge is 0.253 e. The van der Waals surface area contributed by atoms with Gasteiger partial charge in [0.2, 0.25) is 0 Å². The number of methoxy groups -OCH3 is 1. The topological polar surface area (TPSA) is 38.3 Å². The van der Waals surface area contributed by atoms with Crippen molar-refractivity contribution in [2.75, 3.05) is 12.4 Å². The minimum absolute atomic E-state index is 0.153. The molecule has 0 aromatic heterocycles. The van der Waals surface area contributed by atoms with Gasteiger partial charge in [-0.15, -0.1) is 0 Å². The van der Waals surface area contributed by atoms with Crippen LogP contribution in [0.15, 0.2) is 28.7 Å².